The van der Waals surface area contributed by atoms with Crippen LogP contribution in [0.1, 0.15) is 5.56 Å². The summed E-state index contributed by atoms with van der Waals surface area (Å²) in [4.78, 5) is 0. The Balaban J connectivity index is 1.61. The van der Waals surface area contributed by atoms with Crippen LogP contribution in [0.15, 0.2) is 65.1 Å². The summed E-state index contributed by atoms with van der Waals surface area (Å²) < 4.78 is 19.6. The lowest BCUT2D eigenvalue weighted by Crippen LogP contribution is -2.15. The first-order valence-electron chi connectivity index (χ1n) is 10.3. The van der Waals surface area contributed by atoms with Crippen LogP contribution < -0.4 is 14.8 Å². The average molecular weight is 416 g/mol. The number of rotatable bonds is 7. The largest absolute Gasteiger partial charge is 0.508 e. The number of fused-ring (bicyclic) bond motifs is 5. The van der Waals surface area contributed by atoms with Gasteiger partial charge in [-0.2, -0.15) is 0 Å². The van der Waals surface area contributed by atoms with Crippen molar-refractivity contribution in [1.29, 1.82) is 0 Å². The summed E-state index contributed by atoms with van der Waals surface area (Å²) in [7, 11) is 3.57. The maximum absolute atomic E-state index is 9.89. The van der Waals surface area contributed by atoms with E-state index in [4.69, 9.17) is 13.9 Å². The Hall–Kier alpha value is -3.64. The lowest BCUT2D eigenvalue weighted by Gasteiger charge is -2.10. The fraction of sp³-hybridized carbons (Fsp3) is 0.200. The van der Waals surface area contributed by atoms with E-state index in [-0.39, 0.29) is 5.75 Å². The predicted octanol–water partition coefficient (Wildman–Crippen LogP) is 4.90. The van der Waals surface area contributed by atoms with E-state index in [0.29, 0.717) is 18.7 Å². The van der Waals surface area contributed by atoms with Gasteiger partial charge in [0.05, 0.1) is 18.1 Å². The molecule has 0 aliphatic rings. The monoisotopic (exact) mass is 416 g/mol. The van der Waals surface area contributed by atoms with Crippen molar-refractivity contribution in [2.75, 3.05) is 27.3 Å². The highest BCUT2D eigenvalue weighted by Crippen LogP contribution is 2.39. The number of nitrogens with one attached hydrogen (secondary N) is 1. The molecule has 0 bridgehead atoms. The van der Waals surface area contributed by atoms with Gasteiger partial charge in [0.15, 0.2) is 5.58 Å². The summed E-state index contributed by atoms with van der Waals surface area (Å²) in [5.74, 6) is 1.82. The third-order valence-corrected chi connectivity index (χ3v) is 5.54. The Labute approximate surface area is 179 Å². The lowest BCUT2D eigenvalue weighted by atomic mass is 10.2. The summed E-state index contributed by atoms with van der Waals surface area (Å²) in [6.45, 7) is 2.12. The smallest absolute Gasteiger partial charge is 0.161 e. The molecule has 2 heterocycles. The number of phenolic OH excluding ortho intramolecular Hbond substituents is 1. The zero-order chi connectivity index (χ0) is 21.4. The van der Waals surface area contributed by atoms with Gasteiger partial charge in [-0.3, -0.25) is 0 Å². The fourth-order valence-corrected chi connectivity index (χ4v) is 4.01. The van der Waals surface area contributed by atoms with Crippen LogP contribution in [-0.4, -0.2) is 37.0 Å². The standard InChI is InChI=1S/C25H24N2O4/c1-26-11-12-30-18-6-3-16(4-7-18)15-27-22-10-8-19(29-2)14-21(22)25-24(27)20-9-5-17(28)13-23(20)31-25/h3-10,13-14,26,28H,11-12,15H2,1-2H3. The minimum Gasteiger partial charge on any atom is -0.508 e. The summed E-state index contributed by atoms with van der Waals surface area (Å²) in [6.07, 6.45) is 0. The van der Waals surface area contributed by atoms with Gasteiger partial charge in [0.1, 0.15) is 29.4 Å². The lowest BCUT2D eigenvalue weighted by molar-refractivity contribution is 0.318. The Morgan fingerprint density at radius 2 is 1.77 bits per heavy atom. The molecule has 0 radical (unpaired) electrons. The molecule has 2 N–H and O–H groups in total. The molecule has 3 aromatic carbocycles. The van der Waals surface area contributed by atoms with Crippen LogP contribution in [0.2, 0.25) is 0 Å². The molecule has 158 valence electrons. The SMILES string of the molecule is CNCCOc1ccc(Cn2c3ccc(OC)cc3c3oc4cc(O)ccc4c32)cc1. The van der Waals surface area contributed by atoms with E-state index in [2.05, 4.69) is 28.1 Å². The van der Waals surface area contributed by atoms with Crippen LogP contribution in [0.5, 0.6) is 17.2 Å². The van der Waals surface area contributed by atoms with E-state index in [1.54, 1.807) is 19.2 Å². The Morgan fingerprint density at radius 1 is 0.968 bits per heavy atom. The van der Waals surface area contributed by atoms with Crippen LogP contribution in [0.4, 0.5) is 0 Å². The van der Waals surface area contributed by atoms with Crippen molar-refractivity contribution in [3.05, 3.63) is 66.2 Å². The molecule has 0 atom stereocenters. The molecule has 0 aliphatic carbocycles. The van der Waals surface area contributed by atoms with Gasteiger partial charge < -0.3 is 28.9 Å². The molecule has 0 fully saturated rings. The summed E-state index contributed by atoms with van der Waals surface area (Å²) >= 11 is 0. The number of methoxy groups -OCH3 is 1. The molecule has 0 amide bonds. The third kappa shape index (κ3) is 3.45. The zero-order valence-corrected chi connectivity index (χ0v) is 17.5. The normalized spacial score (nSPS) is 11.5. The summed E-state index contributed by atoms with van der Waals surface area (Å²) in [5, 5.41) is 14.9. The molecule has 5 rings (SSSR count). The van der Waals surface area contributed by atoms with Crippen molar-refractivity contribution in [3.8, 4) is 17.2 Å². The highest BCUT2D eigenvalue weighted by molar-refractivity contribution is 6.15. The maximum Gasteiger partial charge on any atom is 0.161 e. The number of ether oxygens (including phenoxy) is 2. The minimum atomic E-state index is 0.186. The van der Waals surface area contributed by atoms with Gasteiger partial charge in [-0.05, 0) is 55.1 Å². The molecule has 0 aliphatic heterocycles. The summed E-state index contributed by atoms with van der Waals surface area (Å²) in [6, 6.07) is 19.4. The molecule has 0 unspecified atom stereocenters. The van der Waals surface area contributed by atoms with E-state index in [9.17, 15) is 5.11 Å². The highest BCUT2D eigenvalue weighted by Gasteiger charge is 2.19. The molecule has 31 heavy (non-hydrogen) atoms. The van der Waals surface area contributed by atoms with E-state index < -0.39 is 0 Å². The number of nitrogens with zero attached hydrogens (tertiary/aromatic N) is 1. The third-order valence-electron chi connectivity index (χ3n) is 5.54. The highest BCUT2D eigenvalue weighted by atomic mass is 16.5. The van der Waals surface area contributed by atoms with E-state index >= 15 is 0 Å². The van der Waals surface area contributed by atoms with Crippen LogP contribution in [-0.2, 0) is 6.54 Å². The van der Waals surface area contributed by atoms with Crippen LogP contribution in [0.25, 0.3) is 33.0 Å². The second-order valence-corrected chi connectivity index (χ2v) is 7.53. The molecule has 0 spiro atoms. The molecular weight excluding hydrogens is 392 g/mol. The number of benzene rings is 3. The van der Waals surface area contributed by atoms with E-state index in [0.717, 1.165) is 51.0 Å². The first-order chi connectivity index (χ1) is 15.2. The number of aromatic nitrogens is 1. The van der Waals surface area contributed by atoms with Crippen molar-refractivity contribution < 1.29 is 19.0 Å². The van der Waals surface area contributed by atoms with Gasteiger partial charge >= 0.3 is 0 Å². The van der Waals surface area contributed by atoms with Crippen LogP contribution in [0, 0.1) is 0 Å². The second kappa shape index (κ2) is 7.89. The molecule has 0 saturated carbocycles. The van der Waals surface area contributed by atoms with E-state index in [1.165, 1.54) is 0 Å². The maximum atomic E-state index is 9.89. The number of phenols is 1. The van der Waals surface area contributed by atoms with Crippen molar-refractivity contribution in [2.45, 2.75) is 6.54 Å². The van der Waals surface area contributed by atoms with Gasteiger partial charge in [0.2, 0.25) is 0 Å². The Kier molecular flexibility index (Phi) is 4.92. The number of hydrogen-bond donors (Lipinski definition) is 2. The molecule has 2 aromatic heterocycles. The van der Waals surface area contributed by atoms with Crippen molar-refractivity contribution >= 4 is 33.0 Å². The number of likely N-dealkylation sites (N-methyl/N-ethyl adjacent to an activating group) is 1. The van der Waals surface area contributed by atoms with Gasteiger partial charge in [-0.15, -0.1) is 0 Å². The van der Waals surface area contributed by atoms with E-state index in [1.807, 2.05) is 37.4 Å². The number of aromatic hydroxyl groups is 1. The fourth-order valence-electron chi connectivity index (χ4n) is 4.01. The summed E-state index contributed by atoms with van der Waals surface area (Å²) in [5.41, 5.74) is 4.69. The second-order valence-electron chi connectivity index (χ2n) is 7.53. The molecule has 5 aromatic rings. The average Bonchev–Trinajstić information content (AvgIpc) is 3.29. The quantitative estimate of drug-likeness (QED) is 0.369. The molecule has 6 heteroatoms. The van der Waals surface area contributed by atoms with Crippen molar-refractivity contribution in [3.63, 3.8) is 0 Å². The first kappa shape index (κ1) is 19.3. The minimum absolute atomic E-state index is 0.186. The van der Waals surface area contributed by atoms with Crippen molar-refractivity contribution in [1.82, 2.24) is 9.88 Å². The topological polar surface area (TPSA) is 68.8 Å². The van der Waals surface area contributed by atoms with Crippen molar-refractivity contribution in [2.24, 2.45) is 0 Å². The zero-order valence-electron chi connectivity index (χ0n) is 17.5. The van der Waals surface area contributed by atoms with Gasteiger partial charge in [-0.25, -0.2) is 0 Å². The van der Waals surface area contributed by atoms with Gasteiger partial charge in [0, 0.05) is 29.9 Å². The van der Waals surface area contributed by atoms with Gasteiger partial charge in [-0.1, -0.05) is 12.1 Å². The molecular formula is C25H24N2O4. The number of furan rings is 1. The molecule has 6 nitrogen and oxygen atoms in total. The van der Waals surface area contributed by atoms with Crippen LogP contribution in [0.3, 0.4) is 0 Å². The Bertz CT molecular complexity index is 1370. The van der Waals surface area contributed by atoms with Gasteiger partial charge in [0.25, 0.3) is 0 Å². The van der Waals surface area contributed by atoms with Crippen LogP contribution >= 0.6 is 0 Å². The molecule has 0 saturated heterocycles. The number of hydrogen-bond acceptors (Lipinski definition) is 5. The Morgan fingerprint density at radius 3 is 2.55 bits per heavy atom. The predicted molar refractivity (Wildman–Crippen MR) is 122 cm³/mol. The first-order valence-corrected chi connectivity index (χ1v) is 10.3.